The van der Waals surface area contributed by atoms with Crippen molar-refractivity contribution in [2.45, 2.75) is 32.9 Å². The van der Waals surface area contributed by atoms with E-state index >= 15 is 0 Å². The molecule has 1 saturated heterocycles. The molecule has 1 aromatic heterocycles. The van der Waals surface area contributed by atoms with Crippen molar-refractivity contribution in [2.24, 2.45) is 0 Å². The first kappa shape index (κ1) is 20.0. The summed E-state index contributed by atoms with van der Waals surface area (Å²) in [7, 11) is 0. The fourth-order valence-electron chi connectivity index (χ4n) is 2.97. The van der Waals surface area contributed by atoms with Crippen LogP contribution in [0.15, 0.2) is 48.8 Å². The Morgan fingerprint density at radius 1 is 1.07 bits per heavy atom. The van der Waals surface area contributed by atoms with Gasteiger partial charge < -0.3 is 15.1 Å². The van der Waals surface area contributed by atoms with E-state index in [4.69, 9.17) is 0 Å². The first-order valence-corrected chi connectivity index (χ1v) is 9.74. The van der Waals surface area contributed by atoms with E-state index in [0.29, 0.717) is 13.1 Å². The molecule has 3 rings (SSSR count). The van der Waals surface area contributed by atoms with Gasteiger partial charge in [-0.15, -0.1) is 0 Å². The number of rotatable bonds is 5. The Hall–Kier alpha value is -2.73. The van der Waals surface area contributed by atoms with Crippen molar-refractivity contribution in [3.05, 3.63) is 59.9 Å². The Kier molecular flexibility index (Phi) is 6.41. The van der Waals surface area contributed by atoms with Crippen LogP contribution in [0.25, 0.3) is 6.08 Å². The van der Waals surface area contributed by atoms with Crippen molar-refractivity contribution in [1.29, 1.82) is 0 Å². The number of carbonyl (C=O) groups is 1. The molecule has 0 unspecified atom stereocenters. The van der Waals surface area contributed by atoms with Gasteiger partial charge in [-0.05, 0) is 44.0 Å². The van der Waals surface area contributed by atoms with Gasteiger partial charge in [0.15, 0.2) is 0 Å². The molecule has 1 amide bonds. The lowest BCUT2D eigenvalue weighted by atomic mass is 10.1. The second-order valence-corrected chi connectivity index (χ2v) is 8.04. The van der Waals surface area contributed by atoms with Gasteiger partial charge in [0.2, 0.25) is 11.9 Å². The molecule has 0 aliphatic carbocycles. The lowest BCUT2D eigenvalue weighted by Crippen LogP contribution is -2.48. The minimum absolute atomic E-state index is 0.0482. The summed E-state index contributed by atoms with van der Waals surface area (Å²) in [6.07, 6.45) is 7.03. The van der Waals surface area contributed by atoms with Crippen LogP contribution in [0.3, 0.4) is 0 Å². The molecular formula is C22H29N5O. The van der Waals surface area contributed by atoms with Crippen molar-refractivity contribution in [1.82, 2.24) is 20.2 Å². The maximum Gasteiger partial charge on any atom is 0.246 e. The summed E-state index contributed by atoms with van der Waals surface area (Å²) < 4.78 is 0. The summed E-state index contributed by atoms with van der Waals surface area (Å²) in [5.41, 5.74) is 2.36. The predicted molar refractivity (Wildman–Crippen MR) is 113 cm³/mol. The van der Waals surface area contributed by atoms with Crippen LogP contribution in [0.1, 0.15) is 31.9 Å². The first-order chi connectivity index (χ1) is 13.4. The zero-order chi connectivity index (χ0) is 20.0. The number of nitrogens with zero attached hydrogens (tertiary/aromatic N) is 4. The highest BCUT2D eigenvalue weighted by atomic mass is 16.2. The summed E-state index contributed by atoms with van der Waals surface area (Å²) in [6.45, 7) is 10.2. The number of nitrogens with one attached hydrogen (secondary N) is 1. The first-order valence-electron chi connectivity index (χ1n) is 9.74. The molecule has 0 atom stereocenters. The van der Waals surface area contributed by atoms with E-state index < -0.39 is 0 Å². The maximum absolute atomic E-state index is 12.5. The Bertz CT molecular complexity index is 788. The molecule has 6 nitrogen and oxygen atoms in total. The van der Waals surface area contributed by atoms with Crippen molar-refractivity contribution in [3.8, 4) is 0 Å². The normalized spacial score (nSPS) is 15.2. The molecule has 28 heavy (non-hydrogen) atoms. The van der Waals surface area contributed by atoms with Gasteiger partial charge in [0, 0.05) is 56.7 Å². The largest absolute Gasteiger partial charge is 0.337 e. The number of hydrogen-bond donors (Lipinski definition) is 1. The molecule has 6 heteroatoms. The zero-order valence-electron chi connectivity index (χ0n) is 16.9. The number of piperazine rings is 1. The third-order valence-corrected chi connectivity index (χ3v) is 4.65. The minimum Gasteiger partial charge on any atom is -0.337 e. The van der Waals surface area contributed by atoms with E-state index in [2.05, 4.69) is 53.1 Å². The van der Waals surface area contributed by atoms with Gasteiger partial charge in [-0.25, -0.2) is 9.97 Å². The van der Waals surface area contributed by atoms with Crippen LogP contribution in [-0.2, 0) is 11.3 Å². The van der Waals surface area contributed by atoms with E-state index in [1.807, 2.05) is 29.2 Å². The van der Waals surface area contributed by atoms with Crippen LogP contribution in [-0.4, -0.2) is 52.5 Å². The number of hydrogen-bond acceptors (Lipinski definition) is 5. The average Bonchev–Trinajstić information content (AvgIpc) is 2.71. The van der Waals surface area contributed by atoms with Gasteiger partial charge in [-0.1, -0.05) is 24.3 Å². The van der Waals surface area contributed by atoms with Gasteiger partial charge in [-0.3, -0.25) is 4.79 Å². The molecule has 1 aliphatic heterocycles. The molecule has 1 N–H and O–H groups in total. The van der Waals surface area contributed by atoms with E-state index in [9.17, 15) is 4.79 Å². The lowest BCUT2D eigenvalue weighted by Gasteiger charge is -2.34. The molecular weight excluding hydrogens is 350 g/mol. The standard InChI is InChI=1S/C22H29N5O/c1-22(2,3)25-17-19-7-5-18(6-8-19)9-10-20(28)26-13-15-27(16-14-26)21-23-11-4-12-24-21/h4-12,25H,13-17H2,1-3H3/b10-9+. The summed E-state index contributed by atoms with van der Waals surface area (Å²) in [6, 6.07) is 10.1. The Labute approximate surface area is 167 Å². The van der Waals surface area contributed by atoms with Crippen molar-refractivity contribution < 1.29 is 4.79 Å². The lowest BCUT2D eigenvalue weighted by molar-refractivity contribution is -0.126. The Morgan fingerprint density at radius 2 is 1.71 bits per heavy atom. The van der Waals surface area contributed by atoms with Crippen LogP contribution in [0.4, 0.5) is 5.95 Å². The fourth-order valence-corrected chi connectivity index (χ4v) is 2.97. The molecule has 2 heterocycles. The maximum atomic E-state index is 12.5. The number of anilines is 1. The van der Waals surface area contributed by atoms with Crippen molar-refractivity contribution >= 4 is 17.9 Å². The Balaban J connectivity index is 1.49. The summed E-state index contributed by atoms with van der Waals surface area (Å²) in [4.78, 5) is 25.0. The SMILES string of the molecule is CC(C)(C)NCc1ccc(/C=C/C(=O)N2CCN(c3ncccn3)CC2)cc1. The molecule has 0 bridgehead atoms. The van der Waals surface area contributed by atoms with Crippen LogP contribution in [0.5, 0.6) is 0 Å². The van der Waals surface area contributed by atoms with E-state index in [1.165, 1.54) is 5.56 Å². The van der Waals surface area contributed by atoms with Gasteiger partial charge in [0.25, 0.3) is 0 Å². The highest BCUT2D eigenvalue weighted by Crippen LogP contribution is 2.12. The average molecular weight is 380 g/mol. The van der Waals surface area contributed by atoms with Crippen LogP contribution in [0.2, 0.25) is 0 Å². The van der Waals surface area contributed by atoms with Crippen LogP contribution < -0.4 is 10.2 Å². The van der Waals surface area contributed by atoms with E-state index in [0.717, 1.165) is 31.1 Å². The van der Waals surface area contributed by atoms with Gasteiger partial charge in [-0.2, -0.15) is 0 Å². The molecule has 0 radical (unpaired) electrons. The second-order valence-electron chi connectivity index (χ2n) is 8.04. The zero-order valence-corrected chi connectivity index (χ0v) is 16.9. The number of amides is 1. The minimum atomic E-state index is 0.0482. The molecule has 1 aromatic carbocycles. The molecule has 1 aliphatic rings. The quantitative estimate of drug-likeness (QED) is 0.810. The van der Waals surface area contributed by atoms with Crippen molar-refractivity contribution in [2.75, 3.05) is 31.1 Å². The number of aromatic nitrogens is 2. The molecule has 1 fully saturated rings. The smallest absolute Gasteiger partial charge is 0.246 e. The Morgan fingerprint density at radius 3 is 2.32 bits per heavy atom. The summed E-state index contributed by atoms with van der Waals surface area (Å²) >= 11 is 0. The number of carbonyl (C=O) groups excluding carboxylic acids is 1. The van der Waals surface area contributed by atoms with E-state index in [-0.39, 0.29) is 11.4 Å². The van der Waals surface area contributed by atoms with Crippen molar-refractivity contribution in [3.63, 3.8) is 0 Å². The third-order valence-electron chi connectivity index (χ3n) is 4.65. The summed E-state index contributed by atoms with van der Waals surface area (Å²) in [5.74, 6) is 0.776. The summed E-state index contributed by atoms with van der Waals surface area (Å²) in [5, 5.41) is 3.47. The fraction of sp³-hybridized carbons (Fsp3) is 0.409. The van der Waals surface area contributed by atoms with Gasteiger partial charge >= 0.3 is 0 Å². The second kappa shape index (κ2) is 8.97. The molecule has 148 valence electrons. The molecule has 0 saturated carbocycles. The molecule has 2 aromatic rings. The van der Waals surface area contributed by atoms with Crippen LogP contribution in [0, 0.1) is 0 Å². The van der Waals surface area contributed by atoms with Crippen LogP contribution >= 0.6 is 0 Å². The highest BCUT2D eigenvalue weighted by Gasteiger charge is 2.20. The van der Waals surface area contributed by atoms with E-state index in [1.54, 1.807) is 18.5 Å². The molecule has 0 spiro atoms. The monoisotopic (exact) mass is 379 g/mol. The third kappa shape index (κ3) is 5.89. The topological polar surface area (TPSA) is 61.4 Å². The van der Waals surface area contributed by atoms with Gasteiger partial charge in [0.1, 0.15) is 0 Å². The van der Waals surface area contributed by atoms with Gasteiger partial charge in [0.05, 0.1) is 0 Å². The number of benzene rings is 1. The predicted octanol–water partition coefficient (Wildman–Crippen LogP) is 2.73. The highest BCUT2D eigenvalue weighted by molar-refractivity contribution is 5.91.